The lowest BCUT2D eigenvalue weighted by atomic mass is 10.2. The number of guanidine groups is 1. The van der Waals surface area contributed by atoms with Crippen LogP contribution in [0.1, 0.15) is 32.6 Å². The molecule has 15 heavy (non-hydrogen) atoms. The van der Waals surface area contributed by atoms with Gasteiger partial charge in [-0.25, -0.2) is 0 Å². The number of unbranched alkanes of at least 4 members (excludes halogenated alkanes) is 2. The van der Waals surface area contributed by atoms with Crippen LogP contribution in [-0.4, -0.2) is 25.6 Å². The highest BCUT2D eigenvalue weighted by Crippen LogP contribution is 2.28. The summed E-state index contributed by atoms with van der Waals surface area (Å²) >= 11 is 0. The van der Waals surface area contributed by atoms with E-state index in [1.165, 1.54) is 6.42 Å². The molecule has 84 valence electrons. The lowest BCUT2D eigenvalue weighted by Gasteiger charge is -2.10. The molecular weight excluding hydrogens is 188 g/mol. The fourth-order valence-corrected chi connectivity index (χ4v) is 1.43. The van der Waals surface area contributed by atoms with E-state index < -0.39 is 0 Å². The van der Waals surface area contributed by atoms with Gasteiger partial charge in [0.2, 0.25) is 0 Å². The van der Waals surface area contributed by atoms with Crippen LogP contribution in [0.4, 0.5) is 0 Å². The number of aliphatic imine (C=N–C) groups is 1. The zero-order chi connectivity index (χ0) is 11.1. The molecule has 2 N–H and O–H groups in total. The average Bonchev–Trinajstić information content (AvgIpc) is 2.92. The van der Waals surface area contributed by atoms with Crippen molar-refractivity contribution in [1.82, 2.24) is 10.6 Å². The van der Waals surface area contributed by atoms with E-state index in [0.29, 0.717) is 12.5 Å². The first-order valence-corrected chi connectivity index (χ1v) is 5.62. The molecular formula is C11H20N4. The van der Waals surface area contributed by atoms with Crippen LogP contribution in [0.5, 0.6) is 0 Å². The number of nitriles is 1. The molecule has 0 spiro atoms. The van der Waals surface area contributed by atoms with E-state index in [-0.39, 0.29) is 0 Å². The molecule has 2 atom stereocenters. The zero-order valence-electron chi connectivity index (χ0n) is 9.58. The smallest absolute Gasteiger partial charge is 0.191 e. The number of rotatable bonds is 5. The largest absolute Gasteiger partial charge is 0.356 e. The molecule has 4 nitrogen and oxygen atoms in total. The maximum atomic E-state index is 8.37. The first-order valence-electron chi connectivity index (χ1n) is 5.62. The molecule has 1 aliphatic carbocycles. The van der Waals surface area contributed by atoms with Gasteiger partial charge in [0, 0.05) is 26.1 Å². The topological polar surface area (TPSA) is 60.2 Å². The lowest BCUT2D eigenvalue weighted by Crippen LogP contribution is -2.39. The minimum atomic E-state index is 0.607. The highest BCUT2D eigenvalue weighted by molar-refractivity contribution is 5.80. The Bertz CT molecular complexity index is 254. The fraction of sp³-hybridized carbons (Fsp3) is 0.818. The van der Waals surface area contributed by atoms with Gasteiger partial charge >= 0.3 is 0 Å². The van der Waals surface area contributed by atoms with Crippen molar-refractivity contribution in [2.45, 2.75) is 38.6 Å². The van der Waals surface area contributed by atoms with Crippen LogP contribution in [0.25, 0.3) is 0 Å². The van der Waals surface area contributed by atoms with Gasteiger partial charge in [0.25, 0.3) is 0 Å². The molecule has 0 saturated heterocycles. The number of hydrogen-bond donors (Lipinski definition) is 2. The molecule has 1 aliphatic rings. The third-order valence-corrected chi connectivity index (χ3v) is 2.66. The van der Waals surface area contributed by atoms with Gasteiger partial charge in [-0.1, -0.05) is 6.92 Å². The van der Waals surface area contributed by atoms with Crippen molar-refractivity contribution in [3.63, 3.8) is 0 Å². The third kappa shape index (κ3) is 4.68. The van der Waals surface area contributed by atoms with Crippen molar-refractivity contribution in [2.24, 2.45) is 10.9 Å². The van der Waals surface area contributed by atoms with Crippen LogP contribution in [0.15, 0.2) is 4.99 Å². The fourth-order valence-electron chi connectivity index (χ4n) is 1.43. The highest BCUT2D eigenvalue weighted by Gasteiger charge is 2.32. The summed E-state index contributed by atoms with van der Waals surface area (Å²) < 4.78 is 0. The average molecular weight is 208 g/mol. The van der Waals surface area contributed by atoms with E-state index in [1.54, 1.807) is 7.05 Å². The predicted molar refractivity (Wildman–Crippen MR) is 61.5 cm³/mol. The summed E-state index contributed by atoms with van der Waals surface area (Å²) in [5, 5.41) is 15.0. The summed E-state index contributed by atoms with van der Waals surface area (Å²) in [5.41, 5.74) is 0. The molecule has 0 aromatic carbocycles. The van der Waals surface area contributed by atoms with Gasteiger partial charge in [-0.05, 0) is 25.2 Å². The Kier molecular flexibility index (Phi) is 4.96. The molecule has 0 radical (unpaired) electrons. The standard InChI is InChI=1S/C11H20N4/c1-9-8-10(9)15-11(13-2)14-7-5-3-4-6-12/h9-10H,3-5,7-8H2,1-2H3,(H2,13,14,15)/t9-,10+/m0/s1. The molecule has 1 saturated carbocycles. The number of nitrogens with zero attached hydrogens (tertiary/aromatic N) is 2. The zero-order valence-corrected chi connectivity index (χ0v) is 9.58. The Balaban J connectivity index is 2.05. The van der Waals surface area contributed by atoms with Crippen molar-refractivity contribution in [3.05, 3.63) is 0 Å². The van der Waals surface area contributed by atoms with Crippen molar-refractivity contribution in [2.75, 3.05) is 13.6 Å². The predicted octanol–water partition coefficient (Wildman–Crippen LogP) is 1.25. The second kappa shape index (κ2) is 6.28. The van der Waals surface area contributed by atoms with Crippen LogP contribution in [0.3, 0.4) is 0 Å². The summed E-state index contributed by atoms with van der Waals surface area (Å²) in [4.78, 5) is 4.15. The quantitative estimate of drug-likeness (QED) is 0.406. The van der Waals surface area contributed by atoms with Gasteiger partial charge < -0.3 is 10.6 Å². The maximum Gasteiger partial charge on any atom is 0.191 e. The van der Waals surface area contributed by atoms with Crippen molar-refractivity contribution < 1.29 is 0 Å². The molecule has 0 bridgehead atoms. The van der Waals surface area contributed by atoms with Crippen LogP contribution in [0, 0.1) is 17.2 Å². The minimum Gasteiger partial charge on any atom is -0.356 e. The van der Waals surface area contributed by atoms with E-state index in [1.807, 2.05) is 0 Å². The number of hydrogen-bond acceptors (Lipinski definition) is 2. The highest BCUT2D eigenvalue weighted by atomic mass is 15.2. The minimum absolute atomic E-state index is 0.607. The SMILES string of the molecule is CN=C(NCCCCC#N)N[C@@H]1C[C@@H]1C. The van der Waals surface area contributed by atoms with E-state index in [9.17, 15) is 0 Å². The van der Waals surface area contributed by atoms with Gasteiger partial charge in [0.05, 0.1) is 6.07 Å². The van der Waals surface area contributed by atoms with Crippen molar-refractivity contribution in [3.8, 4) is 6.07 Å². The number of nitrogens with one attached hydrogen (secondary N) is 2. The van der Waals surface area contributed by atoms with Crippen LogP contribution in [0.2, 0.25) is 0 Å². The van der Waals surface area contributed by atoms with E-state index >= 15 is 0 Å². The monoisotopic (exact) mass is 208 g/mol. The Morgan fingerprint density at radius 1 is 1.53 bits per heavy atom. The molecule has 1 fully saturated rings. The molecule has 0 aromatic heterocycles. The molecule has 0 amide bonds. The van der Waals surface area contributed by atoms with Crippen molar-refractivity contribution in [1.29, 1.82) is 5.26 Å². The second-order valence-electron chi connectivity index (χ2n) is 4.08. The Labute approximate surface area is 91.8 Å². The van der Waals surface area contributed by atoms with E-state index in [0.717, 1.165) is 31.3 Å². The Hall–Kier alpha value is -1.24. The molecule has 4 heteroatoms. The molecule has 0 unspecified atom stereocenters. The van der Waals surface area contributed by atoms with Gasteiger partial charge in [0.15, 0.2) is 5.96 Å². The van der Waals surface area contributed by atoms with Gasteiger partial charge in [-0.15, -0.1) is 0 Å². The summed E-state index contributed by atoms with van der Waals surface area (Å²) in [6, 6.07) is 2.75. The maximum absolute atomic E-state index is 8.37. The third-order valence-electron chi connectivity index (χ3n) is 2.66. The first-order chi connectivity index (χ1) is 7.27. The first kappa shape index (κ1) is 11.8. The summed E-state index contributed by atoms with van der Waals surface area (Å²) in [6.45, 7) is 3.13. The van der Waals surface area contributed by atoms with Crippen molar-refractivity contribution >= 4 is 5.96 Å². The van der Waals surface area contributed by atoms with Crippen LogP contribution in [-0.2, 0) is 0 Å². The Morgan fingerprint density at radius 3 is 2.80 bits per heavy atom. The van der Waals surface area contributed by atoms with Crippen LogP contribution < -0.4 is 10.6 Å². The molecule has 0 heterocycles. The van der Waals surface area contributed by atoms with Gasteiger partial charge in [-0.3, -0.25) is 4.99 Å². The second-order valence-corrected chi connectivity index (χ2v) is 4.08. The molecule has 0 aromatic rings. The Morgan fingerprint density at radius 2 is 2.27 bits per heavy atom. The summed E-state index contributed by atoms with van der Waals surface area (Å²) in [5.74, 6) is 1.67. The van der Waals surface area contributed by atoms with E-state index in [4.69, 9.17) is 5.26 Å². The normalized spacial score (nSPS) is 24.5. The van der Waals surface area contributed by atoms with Gasteiger partial charge in [0.1, 0.15) is 0 Å². The van der Waals surface area contributed by atoms with Crippen LogP contribution >= 0.6 is 0 Å². The van der Waals surface area contributed by atoms with Gasteiger partial charge in [-0.2, -0.15) is 5.26 Å². The lowest BCUT2D eigenvalue weighted by molar-refractivity contribution is 0.698. The summed E-state index contributed by atoms with van der Waals surface area (Å²) in [7, 11) is 1.79. The molecule has 0 aliphatic heterocycles. The summed E-state index contributed by atoms with van der Waals surface area (Å²) in [6.07, 6.45) is 3.87. The van der Waals surface area contributed by atoms with E-state index in [2.05, 4.69) is 28.6 Å². The molecule has 1 rings (SSSR count).